The van der Waals surface area contributed by atoms with E-state index in [2.05, 4.69) is 29.1 Å². The van der Waals surface area contributed by atoms with E-state index in [1.165, 1.54) is 19.2 Å². The molecular weight excluding hydrogens is 190 g/mol. The maximum Gasteiger partial charge on any atom is 0.218 e. The fraction of sp³-hybridized carbons (Fsp3) is 0.636. The van der Waals surface area contributed by atoms with Crippen molar-refractivity contribution in [3.05, 3.63) is 12.4 Å². The van der Waals surface area contributed by atoms with E-state index in [0.29, 0.717) is 11.9 Å². The van der Waals surface area contributed by atoms with Crippen LogP contribution in [0.2, 0.25) is 0 Å². The Labute approximate surface area is 91.1 Å². The number of anilines is 1. The Balaban J connectivity index is 2.48. The predicted molar refractivity (Wildman–Crippen MR) is 61.2 cm³/mol. The minimum Gasteiger partial charge on any atom is -0.481 e. The van der Waals surface area contributed by atoms with Crippen LogP contribution in [-0.2, 0) is 0 Å². The monoisotopic (exact) mass is 209 g/mol. The zero-order valence-electron chi connectivity index (χ0n) is 9.66. The molecule has 0 saturated heterocycles. The Kier molecular flexibility index (Phi) is 4.87. The highest BCUT2D eigenvalue weighted by Gasteiger charge is 2.03. The van der Waals surface area contributed by atoms with E-state index in [1.807, 2.05) is 6.07 Å². The number of nitrogens with zero attached hydrogens (tertiary/aromatic N) is 2. The van der Waals surface area contributed by atoms with Crippen molar-refractivity contribution in [2.45, 2.75) is 39.2 Å². The van der Waals surface area contributed by atoms with Crippen molar-refractivity contribution < 1.29 is 4.74 Å². The van der Waals surface area contributed by atoms with Crippen molar-refractivity contribution in [3.63, 3.8) is 0 Å². The Morgan fingerprint density at radius 1 is 1.47 bits per heavy atom. The Bertz CT molecular complexity index is 291. The van der Waals surface area contributed by atoms with E-state index in [1.54, 1.807) is 7.11 Å². The number of hydrogen-bond donors (Lipinski definition) is 1. The van der Waals surface area contributed by atoms with Gasteiger partial charge in [0.1, 0.15) is 12.1 Å². The van der Waals surface area contributed by atoms with Crippen molar-refractivity contribution >= 4 is 5.82 Å². The zero-order chi connectivity index (χ0) is 11.1. The largest absolute Gasteiger partial charge is 0.481 e. The van der Waals surface area contributed by atoms with Gasteiger partial charge >= 0.3 is 0 Å². The first-order chi connectivity index (χ1) is 7.26. The second-order valence-corrected chi connectivity index (χ2v) is 3.63. The highest BCUT2D eigenvalue weighted by atomic mass is 16.5. The van der Waals surface area contributed by atoms with Gasteiger partial charge in [-0.25, -0.2) is 9.97 Å². The van der Waals surface area contributed by atoms with Gasteiger partial charge in [-0.05, 0) is 13.3 Å². The Morgan fingerprint density at radius 2 is 2.27 bits per heavy atom. The molecule has 1 atom stereocenters. The van der Waals surface area contributed by atoms with Crippen LogP contribution in [0.4, 0.5) is 5.82 Å². The summed E-state index contributed by atoms with van der Waals surface area (Å²) in [5, 5.41) is 3.32. The summed E-state index contributed by atoms with van der Waals surface area (Å²) in [5.41, 5.74) is 0. The summed E-state index contributed by atoms with van der Waals surface area (Å²) < 4.78 is 5.03. The van der Waals surface area contributed by atoms with Gasteiger partial charge in [0.25, 0.3) is 0 Å². The third-order valence-corrected chi connectivity index (χ3v) is 2.24. The van der Waals surface area contributed by atoms with Crippen molar-refractivity contribution in [1.29, 1.82) is 0 Å². The lowest BCUT2D eigenvalue weighted by Gasteiger charge is -2.13. The lowest BCUT2D eigenvalue weighted by atomic mass is 10.1. The van der Waals surface area contributed by atoms with Crippen LogP contribution in [0.3, 0.4) is 0 Å². The molecule has 0 amide bonds. The molecule has 0 saturated carbocycles. The minimum atomic E-state index is 0.435. The van der Waals surface area contributed by atoms with Crippen LogP contribution in [0.15, 0.2) is 12.4 Å². The van der Waals surface area contributed by atoms with Crippen molar-refractivity contribution in [2.24, 2.45) is 0 Å². The van der Waals surface area contributed by atoms with E-state index < -0.39 is 0 Å². The smallest absolute Gasteiger partial charge is 0.218 e. The van der Waals surface area contributed by atoms with Gasteiger partial charge in [-0.1, -0.05) is 19.8 Å². The van der Waals surface area contributed by atoms with E-state index in [0.717, 1.165) is 12.2 Å². The van der Waals surface area contributed by atoms with E-state index in [9.17, 15) is 0 Å². The number of unbranched alkanes of at least 4 members (excludes halogenated alkanes) is 1. The fourth-order valence-corrected chi connectivity index (χ4v) is 1.36. The average Bonchev–Trinajstić information content (AvgIpc) is 2.26. The van der Waals surface area contributed by atoms with Crippen LogP contribution in [0.1, 0.15) is 33.1 Å². The maximum absolute atomic E-state index is 5.03. The van der Waals surface area contributed by atoms with Gasteiger partial charge in [0.2, 0.25) is 5.88 Å². The van der Waals surface area contributed by atoms with Crippen molar-refractivity contribution in [1.82, 2.24) is 9.97 Å². The van der Waals surface area contributed by atoms with Crippen LogP contribution in [0.5, 0.6) is 5.88 Å². The molecule has 0 spiro atoms. The molecule has 0 aliphatic rings. The molecule has 4 nitrogen and oxygen atoms in total. The number of methoxy groups -OCH3 is 1. The summed E-state index contributed by atoms with van der Waals surface area (Å²) in [6.07, 6.45) is 5.12. The molecule has 0 bridgehead atoms. The normalized spacial score (nSPS) is 12.2. The Hall–Kier alpha value is -1.32. The van der Waals surface area contributed by atoms with Crippen molar-refractivity contribution in [2.75, 3.05) is 12.4 Å². The molecule has 0 radical (unpaired) electrons. The zero-order valence-corrected chi connectivity index (χ0v) is 9.66. The molecule has 1 N–H and O–H groups in total. The topological polar surface area (TPSA) is 47.0 Å². The molecule has 1 heterocycles. The van der Waals surface area contributed by atoms with E-state index >= 15 is 0 Å². The molecule has 84 valence electrons. The molecule has 0 aromatic carbocycles. The maximum atomic E-state index is 5.03. The second-order valence-electron chi connectivity index (χ2n) is 3.63. The molecule has 1 aromatic heterocycles. The second kappa shape index (κ2) is 6.22. The SMILES string of the molecule is CCCCC(C)Nc1cc(OC)ncn1. The quantitative estimate of drug-likeness (QED) is 0.781. The van der Waals surface area contributed by atoms with Crippen LogP contribution in [0, 0.1) is 0 Å². The minimum absolute atomic E-state index is 0.435. The average molecular weight is 209 g/mol. The first-order valence-electron chi connectivity index (χ1n) is 5.38. The van der Waals surface area contributed by atoms with Gasteiger partial charge in [-0.15, -0.1) is 0 Å². The molecule has 0 aliphatic heterocycles. The number of hydrogen-bond acceptors (Lipinski definition) is 4. The fourth-order valence-electron chi connectivity index (χ4n) is 1.36. The molecule has 15 heavy (non-hydrogen) atoms. The summed E-state index contributed by atoms with van der Waals surface area (Å²) in [6.45, 7) is 4.35. The number of ether oxygens (including phenoxy) is 1. The van der Waals surface area contributed by atoms with Crippen LogP contribution < -0.4 is 10.1 Å². The van der Waals surface area contributed by atoms with Crippen LogP contribution >= 0.6 is 0 Å². The number of rotatable bonds is 6. The predicted octanol–water partition coefficient (Wildman–Crippen LogP) is 2.48. The van der Waals surface area contributed by atoms with Crippen LogP contribution in [0.25, 0.3) is 0 Å². The molecular formula is C11H19N3O. The number of nitrogens with one attached hydrogen (secondary N) is 1. The Morgan fingerprint density at radius 3 is 2.93 bits per heavy atom. The first kappa shape index (κ1) is 11.8. The van der Waals surface area contributed by atoms with E-state index in [4.69, 9.17) is 4.74 Å². The van der Waals surface area contributed by atoms with Gasteiger partial charge in [0.05, 0.1) is 7.11 Å². The van der Waals surface area contributed by atoms with Gasteiger partial charge in [0.15, 0.2) is 0 Å². The summed E-state index contributed by atoms with van der Waals surface area (Å²) in [7, 11) is 1.60. The number of aromatic nitrogens is 2. The third-order valence-electron chi connectivity index (χ3n) is 2.24. The molecule has 1 aromatic rings. The third kappa shape index (κ3) is 4.14. The van der Waals surface area contributed by atoms with Crippen molar-refractivity contribution in [3.8, 4) is 5.88 Å². The molecule has 1 unspecified atom stereocenters. The van der Waals surface area contributed by atoms with Gasteiger partial charge in [-0.3, -0.25) is 0 Å². The lowest BCUT2D eigenvalue weighted by molar-refractivity contribution is 0.397. The molecule has 0 aliphatic carbocycles. The van der Waals surface area contributed by atoms with Gasteiger partial charge in [0, 0.05) is 12.1 Å². The molecule has 4 heteroatoms. The summed E-state index contributed by atoms with van der Waals surface area (Å²) in [5.74, 6) is 1.42. The summed E-state index contributed by atoms with van der Waals surface area (Å²) in [6, 6.07) is 2.24. The molecule has 0 fully saturated rings. The van der Waals surface area contributed by atoms with E-state index in [-0.39, 0.29) is 0 Å². The summed E-state index contributed by atoms with van der Waals surface area (Å²) in [4.78, 5) is 8.09. The standard InChI is InChI=1S/C11H19N3O/c1-4-5-6-9(2)14-10-7-11(15-3)13-8-12-10/h7-9H,4-6H2,1-3H3,(H,12,13,14). The highest BCUT2D eigenvalue weighted by molar-refractivity contribution is 5.37. The van der Waals surface area contributed by atoms with Gasteiger partial charge in [-0.2, -0.15) is 0 Å². The molecule has 1 rings (SSSR count). The first-order valence-corrected chi connectivity index (χ1v) is 5.38. The van der Waals surface area contributed by atoms with Crippen LogP contribution in [-0.4, -0.2) is 23.1 Å². The summed E-state index contributed by atoms with van der Waals surface area (Å²) >= 11 is 0. The van der Waals surface area contributed by atoms with Gasteiger partial charge < -0.3 is 10.1 Å². The lowest BCUT2D eigenvalue weighted by Crippen LogP contribution is -2.15. The highest BCUT2D eigenvalue weighted by Crippen LogP contribution is 2.12.